The molecule has 1 unspecified atom stereocenters. The highest BCUT2D eigenvalue weighted by molar-refractivity contribution is 5.85. The zero-order valence-electron chi connectivity index (χ0n) is 13.2. The fourth-order valence-corrected chi connectivity index (χ4v) is 2.03. The lowest BCUT2D eigenvalue weighted by molar-refractivity contribution is -0.131. The number of hydrogen-bond donors (Lipinski definition) is 2. The Morgan fingerprint density at radius 3 is 2.50 bits per heavy atom. The largest absolute Gasteiger partial charge is 0.490 e. The third kappa shape index (κ3) is 6.24. The van der Waals surface area contributed by atoms with Crippen LogP contribution in [0.3, 0.4) is 0 Å². The van der Waals surface area contributed by atoms with Crippen molar-refractivity contribution in [3.8, 4) is 5.75 Å². The molecule has 0 aliphatic heterocycles. The van der Waals surface area contributed by atoms with E-state index in [1.807, 2.05) is 30.3 Å². The Hall–Kier alpha value is -2.63. The molecule has 0 aliphatic rings. The molecule has 0 bridgehead atoms. The van der Waals surface area contributed by atoms with Crippen molar-refractivity contribution >= 4 is 12.0 Å². The van der Waals surface area contributed by atoms with Crippen LogP contribution >= 0.6 is 0 Å². The average molecular weight is 328 g/mol. The van der Waals surface area contributed by atoms with Gasteiger partial charge in [0.25, 0.3) is 0 Å². The Labute approximate surface area is 140 Å². The molecule has 0 saturated carbocycles. The summed E-state index contributed by atoms with van der Waals surface area (Å²) >= 11 is 0. The molecule has 5 heteroatoms. The molecular weight excluding hydrogens is 308 g/mol. The van der Waals surface area contributed by atoms with Crippen LogP contribution in [0.25, 0.3) is 6.08 Å². The van der Waals surface area contributed by atoms with Gasteiger partial charge >= 0.3 is 5.97 Å². The van der Waals surface area contributed by atoms with Gasteiger partial charge in [0.2, 0.25) is 0 Å². The van der Waals surface area contributed by atoms with Gasteiger partial charge in [0.1, 0.15) is 18.5 Å². The quantitative estimate of drug-likeness (QED) is 0.692. The molecule has 126 valence electrons. The predicted octanol–water partition coefficient (Wildman–Crippen LogP) is 2.74. The van der Waals surface area contributed by atoms with Crippen molar-refractivity contribution in [3.63, 3.8) is 0 Å². The highest BCUT2D eigenvalue weighted by atomic mass is 16.5. The number of carbonyl (C=O) groups is 1. The lowest BCUT2D eigenvalue weighted by atomic mass is 10.2. The van der Waals surface area contributed by atoms with E-state index in [-0.39, 0.29) is 13.2 Å². The van der Waals surface area contributed by atoms with E-state index in [1.54, 1.807) is 24.3 Å². The van der Waals surface area contributed by atoms with Crippen LogP contribution in [0.4, 0.5) is 0 Å². The fourth-order valence-electron chi connectivity index (χ4n) is 2.03. The number of aliphatic carboxylic acids is 1. The first-order valence-electron chi connectivity index (χ1n) is 7.57. The Morgan fingerprint density at radius 2 is 1.75 bits per heavy atom. The van der Waals surface area contributed by atoms with Crippen molar-refractivity contribution in [2.45, 2.75) is 12.7 Å². The van der Waals surface area contributed by atoms with Crippen molar-refractivity contribution < 1.29 is 24.5 Å². The zero-order valence-corrected chi connectivity index (χ0v) is 13.2. The Bertz CT molecular complexity index is 666. The number of carboxylic acid groups (broad SMARTS) is 1. The molecule has 5 nitrogen and oxygen atoms in total. The van der Waals surface area contributed by atoms with Crippen LogP contribution in [0.2, 0.25) is 0 Å². The zero-order chi connectivity index (χ0) is 17.2. The molecule has 0 saturated heterocycles. The molecule has 0 aliphatic carbocycles. The van der Waals surface area contributed by atoms with Gasteiger partial charge in [-0.25, -0.2) is 4.79 Å². The van der Waals surface area contributed by atoms with Crippen LogP contribution in [0.15, 0.2) is 60.7 Å². The maximum Gasteiger partial charge on any atom is 0.328 e. The van der Waals surface area contributed by atoms with Gasteiger partial charge in [-0.15, -0.1) is 0 Å². The van der Waals surface area contributed by atoms with E-state index < -0.39 is 12.1 Å². The third-order valence-corrected chi connectivity index (χ3v) is 3.18. The van der Waals surface area contributed by atoms with Gasteiger partial charge in [0, 0.05) is 11.6 Å². The van der Waals surface area contributed by atoms with E-state index in [0.29, 0.717) is 17.9 Å². The first-order valence-corrected chi connectivity index (χ1v) is 7.57. The topological polar surface area (TPSA) is 76.0 Å². The maximum atomic E-state index is 10.6. The number of aliphatic hydroxyl groups excluding tert-OH is 1. The molecule has 0 fully saturated rings. The summed E-state index contributed by atoms with van der Waals surface area (Å²) in [4.78, 5) is 10.6. The van der Waals surface area contributed by atoms with Crippen molar-refractivity contribution in [1.29, 1.82) is 0 Å². The summed E-state index contributed by atoms with van der Waals surface area (Å²) in [5.74, 6) is -0.517. The smallest absolute Gasteiger partial charge is 0.328 e. The van der Waals surface area contributed by atoms with Crippen LogP contribution in [0.1, 0.15) is 11.1 Å². The summed E-state index contributed by atoms with van der Waals surface area (Å²) in [6.45, 7) is 0.643. The predicted molar refractivity (Wildman–Crippen MR) is 90.7 cm³/mol. The summed E-state index contributed by atoms with van der Waals surface area (Å²) in [7, 11) is 0. The minimum atomic E-state index is -1.03. The summed E-state index contributed by atoms with van der Waals surface area (Å²) in [6, 6.07) is 16.7. The van der Waals surface area contributed by atoms with Crippen LogP contribution in [-0.4, -0.2) is 35.5 Å². The molecule has 0 amide bonds. The second-order valence-corrected chi connectivity index (χ2v) is 5.17. The van der Waals surface area contributed by atoms with Crippen LogP contribution < -0.4 is 4.74 Å². The highest BCUT2D eigenvalue weighted by Crippen LogP contribution is 2.19. The SMILES string of the molecule is O=C(O)C=Cc1ccccc1OCC(O)COCc1ccccc1. The molecule has 0 heterocycles. The molecule has 24 heavy (non-hydrogen) atoms. The second kappa shape index (κ2) is 9.50. The van der Waals surface area contributed by atoms with Crippen molar-refractivity contribution in [1.82, 2.24) is 0 Å². The van der Waals surface area contributed by atoms with Crippen LogP contribution in [0.5, 0.6) is 5.75 Å². The Balaban J connectivity index is 1.79. The molecule has 2 rings (SSSR count). The fraction of sp³-hybridized carbons (Fsp3) is 0.211. The number of hydrogen-bond acceptors (Lipinski definition) is 4. The van der Waals surface area contributed by atoms with Crippen molar-refractivity contribution in [2.24, 2.45) is 0 Å². The Morgan fingerprint density at radius 1 is 1.04 bits per heavy atom. The van der Waals surface area contributed by atoms with Gasteiger partial charge in [0.05, 0.1) is 13.2 Å². The van der Waals surface area contributed by atoms with Gasteiger partial charge < -0.3 is 19.7 Å². The number of para-hydroxylation sites is 1. The summed E-state index contributed by atoms with van der Waals surface area (Å²) < 4.78 is 11.0. The van der Waals surface area contributed by atoms with E-state index in [4.69, 9.17) is 14.6 Å². The third-order valence-electron chi connectivity index (χ3n) is 3.18. The molecule has 1 atom stereocenters. The molecule has 2 N–H and O–H groups in total. The van der Waals surface area contributed by atoms with E-state index in [0.717, 1.165) is 11.6 Å². The van der Waals surface area contributed by atoms with Gasteiger partial charge in [-0.05, 0) is 17.7 Å². The standard InChI is InChI=1S/C19H20O5/c20-17(13-23-12-15-6-2-1-3-7-15)14-24-18-9-5-4-8-16(18)10-11-19(21)22/h1-11,17,20H,12-14H2,(H,21,22). The average Bonchev–Trinajstić information content (AvgIpc) is 2.59. The maximum absolute atomic E-state index is 10.6. The number of ether oxygens (including phenoxy) is 2. The summed E-state index contributed by atoms with van der Waals surface area (Å²) in [6.07, 6.45) is 1.72. The summed E-state index contributed by atoms with van der Waals surface area (Å²) in [5, 5.41) is 18.6. The lowest BCUT2D eigenvalue weighted by Gasteiger charge is -2.14. The van der Waals surface area contributed by atoms with Crippen LogP contribution in [0, 0.1) is 0 Å². The first-order chi connectivity index (χ1) is 11.6. The van der Waals surface area contributed by atoms with Gasteiger partial charge in [-0.2, -0.15) is 0 Å². The minimum Gasteiger partial charge on any atom is -0.490 e. The second-order valence-electron chi connectivity index (χ2n) is 5.17. The van der Waals surface area contributed by atoms with E-state index in [2.05, 4.69) is 0 Å². The Kier molecular flexibility index (Phi) is 7.01. The van der Waals surface area contributed by atoms with Crippen LogP contribution in [-0.2, 0) is 16.1 Å². The van der Waals surface area contributed by atoms with Gasteiger partial charge in [-0.3, -0.25) is 0 Å². The molecular formula is C19H20O5. The number of carboxylic acids is 1. The lowest BCUT2D eigenvalue weighted by Crippen LogP contribution is -2.23. The molecule has 2 aromatic carbocycles. The molecule has 0 aromatic heterocycles. The van der Waals surface area contributed by atoms with Crippen molar-refractivity contribution in [2.75, 3.05) is 13.2 Å². The molecule has 2 aromatic rings. The van der Waals surface area contributed by atoms with Gasteiger partial charge in [-0.1, -0.05) is 48.5 Å². The molecule has 0 spiro atoms. The number of aliphatic hydroxyl groups is 1. The van der Waals surface area contributed by atoms with E-state index in [9.17, 15) is 9.90 Å². The highest BCUT2D eigenvalue weighted by Gasteiger charge is 2.08. The monoisotopic (exact) mass is 328 g/mol. The van der Waals surface area contributed by atoms with E-state index in [1.165, 1.54) is 6.08 Å². The molecule has 0 radical (unpaired) electrons. The summed E-state index contributed by atoms with van der Waals surface area (Å²) in [5.41, 5.74) is 1.67. The van der Waals surface area contributed by atoms with Gasteiger partial charge in [0.15, 0.2) is 0 Å². The number of rotatable bonds is 9. The van der Waals surface area contributed by atoms with Crippen molar-refractivity contribution in [3.05, 3.63) is 71.8 Å². The number of benzene rings is 2. The van der Waals surface area contributed by atoms with E-state index >= 15 is 0 Å². The normalized spacial score (nSPS) is 12.2. The minimum absolute atomic E-state index is 0.0622. The first kappa shape index (κ1) is 17.7.